The lowest BCUT2D eigenvalue weighted by molar-refractivity contribution is -0.114. The number of aldehydes is 1. The van der Waals surface area contributed by atoms with Crippen LogP contribution >= 0.6 is 0 Å². The second-order valence-corrected chi connectivity index (χ2v) is 14.1. The number of hydrogen-bond acceptors (Lipinski definition) is 12. The number of aliphatic hydroxyl groups excluding tert-OH is 1. The maximum atomic E-state index is 12.9. The van der Waals surface area contributed by atoms with Crippen molar-refractivity contribution in [1.82, 2.24) is 0 Å². The molecule has 0 amide bonds. The Bertz CT molecular complexity index is 1410. The van der Waals surface area contributed by atoms with Gasteiger partial charge in [0.2, 0.25) is 0 Å². The molecule has 12 heteroatoms. The van der Waals surface area contributed by atoms with Crippen molar-refractivity contribution < 1.29 is 57.4 Å². The van der Waals surface area contributed by atoms with Gasteiger partial charge < -0.3 is 47.8 Å². The summed E-state index contributed by atoms with van der Waals surface area (Å²) in [4.78, 5) is 37.0. The van der Waals surface area contributed by atoms with Crippen molar-refractivity contribution in [3.8, 4) is 11.5 Å². The highest BCUT2D eigenvalue weighted by molar-refractivity contribution is 5.95. The molecule has 0 aliphatic carbocycles. The fourth-order valence-electron chi connectivity index (χ4n) is 7.16. The Morgan fingerprint density at radius 3 is 1.59 bits per heavy atom. The lowest BCUT2D eigenvalue weighted by Crippen LogP contribution is -2.32. The average Bonchev–Trinajstić information content (AvgIpc) is 3.17. The molecule has 0 saturated heterocycles. The SMILES string of the molecule is COCO[C@@H]1CC(CC=O)OC(=O)c2c(cccc2OC)CCCC[C@@H]1C.COCO[C@@H]1CC(CCO)OC(=O)c2c(cccc2OC)CCCC[C@@H]1C. The molecule has 4 rings (SSSR count). The van der Waals surface area contributed by atoms with Gasteiger partial charge in [-0.3, -0.25) is 0 Å². The van der Waals surface area contributed by atoms with E-state index >= 15 is 0 Å². The van der Waals surface area contributed by atoms with Crippen molar-refractivity contribution in [3.05, 3.63) is 58.7 Å². The molecule has 0 spiro atoms. The number of esters is 2. The van der Waals surface area contributed by atoms with E-state index in [1.54, 1.807) is 33.5 Å². The van der Waals surface area contributed by atoms with Crippen molar-refractivity contribution in [1.29, 1.82) is 0 Å². The summed E-state index contributed by atoms with van der Waals surface area (Å²) in [6, 6.07) is 11.2. The van der Waals surface area contributed by atoms with Crippen molar-refractivity contribution in [3.63, 3.8) is 0 Å². The first-order chi connectivity index (χ1) is 26.2. The number of fused-ring (bicyclic) bond motifs is 2. The third-order valence-electron chi connectivity index (χ3n) is 10.2. The number of cyclic esters (lactones) is 2. The zero-order valence-corrected chi connectivity index (χ0v) is 33.1. The maximum absolute atomic E-state index is 12.9. The minimum absolute atomic E-state index is 0.0535. The van der Waals surface area contributed by atoms with Gasteiger partial charge in [-0.25, -0.2) is 9.59 Å². The van der Waals surface area contributed by atoms with Gasteiger partial charge in [0.05, 0.1) is 26.4 Å². The number of carbonyl (C=O) groups excluding carboxylic acids is 3. The molecule has 12 nitrogen and oxygen atoms in total. The molecule has 0 radical (unpaired) electrons. The normalized spacial score (nSPS) is 24.2. The highest BCUT2D eigenvalue weighted by Crippen LogP contribution is 2.31. The number of benzene rings is 2. The second-order valence-electron chi connectivity index (χ2n) is 14.1. The molecule has 2 heterocycles. The number of carbonyl (C=O) groups is 3. The van der Waals surface area contributed by atoms with Gasteiger partial charge in [0.15, 0.2) is 0 Å². The molecule has 2 aliphatic rings. The summed E-state index contributed by atoms with van der Waals surface area (Å²) in [5.41, 5.74) is 2.82. The van der Waals surface area contributed by atoms with E-state index in [2.05, 4.69) is 13.8 Å². The first kappa shape index (κ1) is 44.8. The molecule has 2 unspecified atom stereocenters. The van der Waals surface area contributed by atoms with Crippen LogP contribution in [0.3, 0.4) is 0 Å². The van der Waals surface area contributed by atoms with E-state index in [1.165, 1.54) is 7.11 Å². The summed E-state index contributed by atoms with van der Waals surface area (Å²) in [7, 11) is 6.26. The quantitative estimate of drug-likeness (QED) is 0.137. The summed E-state index contributed by atoms with van der Waals surface area (Å²) in [6.45, 7) is 4.60. The van der Waals surface area contributed by atoms with Crippen LogP contribution in [0, 0.1) is 11.8 Å². The van der Waals surface area contributed by atoms with Crippen LogP contribution in [0.4, 0.5) is 0 Å². The van der Waals surface area contributed by atoms with Crippen LogP contribution in [-0.2, 0) is 46.1 Å². The van der Waals surface area contributed by atoms with Crippen molar-refractivity contribution >= 4 is 18.2 Å². The second kappa shape index (κ2) is 24.8. The fourth-order valence-corrected chi connectivity index (χ4v) is 7.16. The average molecular weight is 759 g/mol. The third-order valence-corrected chi connectivity index (χ3v) is 10.2. The zero-order chi connectivity index (χ0) is 39.3. The van der Waals surface area contributed by atoms with E-state index in [9.17, 15) is 19.5 Å². The molecular formula is C42H62O12. The number of aryl methyl sites for hydroxylation is 2. The Hall–Kier alpha value is -3.55. The van der Waals surface area contributed by atoms with E-state index in [4.69, 9.17) is 37.9 Å². The summed E-state index contributed by atoms with van der Waals surface area (Å²) < 4.78 is 44.1. The van der Waals surface area contributed by atoms with E-state index in [-0.39, 0.29) is 44.7 Å². The Morgan fingerprint density at radius 1 is 0.704 bits per heavy atom. The molecule has 0 fully saturated rings. The molecule has 54 heavy (non-hydrogen) atoms. The summed E-state index contributed by atoms with van der Waals surface area (Å²) in [6.07, 6.45) is 8.67. The van der Waals surface area contributed by atoms with Crippen molar-refractivity contribution in [2.24, 2.45) is 11.8 Å². The molecule has 0 bridgehead atoms. The van der Waals surface area contributed by atoms with Gasteiger partial charge in [0, 0.05) is 46.5 Å². The molecule has 302 valence electrons. The van der Waals surface area contributed by atoms with Crippen LogP contribution < -0.4 is 9.47 Å². The van der Waals surface area contributed by atoms with Gasteiger partial charge in [-0.1, -0.05) is 51.0 Å². The molecule has 0 aromatic heterocycles. The number of aliphatic hydroxyl groups is 1. The predicted octanol–water partition coefficient (Wildman–Crippen LogP) is 6.90. The molecule has 0 saturated carbocycles. The van der Waals surface area contributed by atoms with Crippen LogP contribution in [-0.4, -0.2) is 96.4 Å². The topological polar surface area (TPSA) is 145 Å². The highest BCUT2D eigenvalue weighted by atomic mass is 16.7. The first-order valence-electron chi connectivity index (χ1n) is 19.2. The minimum atomic E-state index is -0.545. The smallest absolute Gasteiger partial charge is 0.342 e. The van der Waals surface area contributed by atoms with E-state index in [1.807, 2.05) is 24.3 Å². The fraction of sp³-hybridized carbons (Fsp3) is 0.643. The van der Waals surface area contributed by atoms with Gasteiger partial charge in [0.1, 0.15) is 54.7 Å². The number of hydrogen-bond donors (Lipinski definition) is 1. The molecular weight excluding hydrogens is 696 g/mol. The van der Waals surface area contributed by atoms with E-state index in [0.29, 0.717) is 47.8 Å². The van der Waals surface area contributed by atoms with Crippen LogP contribution in [0.25, 0.3) is 0 Å². The predicted molar refractivity (Wildman–Crippen MR) is 203 cm³/mol. The van der Waals surface area contributed by atoms with E-state index < -0.39 is 24.1 Å². The van der Waals surface area contributed by atoms with Gasteiger partial charge in [-0.2, -0.15) is 0 Å². The summed E-state index contributed by atoms with van der Waals surface area (Å²) >= 11 is 0. The Labute approximate surface area is 321 Å². The maximum Gasteiger partial charge on any atom is 0.342 e. The van der Waals surface area contributed by atoms with Crippen LogP contribution in [0.15, 0.2) is 36.4 Å². The molecule has 2 aromatic carbocycles. The van der Waals surface area contributed by atoms with Crippen LogP contribution in [0.1, 0.15) is 110 Å². The van der Waals surface area contributed by atoms with Crippen LogP contribution in [0.2, 0.25) is 0 Å². The highest BCUT2D eigenvalue weighted by Gasteiger charge is 2.30. The van der Waals surface area contributed by atoms with E-state index in [0.717, 1.165) is 68.8 Å². The van der Waals surface area contributed by atoms with Gasteiger partial charge in [0.25, 0.3) is 0 Å². The lowest BCUT2D eigenvalue weighted by Gasteiger charge is -2.29. The third kappa shape index (κ3) is 13.9. The number of rotatable bonds is 12. The molecule has 2 aromatic rings. The van der Waals surface area contributed by atoms with Crippen molar-refractivity contribution in [2.75, 3.05) is 48.6 Å². The van der Waals surface area contributed by atoms with Gasteiger partial charge >= 0.3 is 11.9 Å². The molecule has 1 N–H and O–H groups in total. The lowest BCUT2D eigenvalue weighted by atomic mass is 9.91. The Morgan fingerprint density at radius 2 is 1.17 bits per heavy atom. The Balaban J connectivity index is 0.000000290. The first-order valence-corrected chi connectivity index (χ1v) is 19.2. The summed E-state index contributed by atoms with van der Waals surface area (Å²) in [5.74, 6) is 0.756. The summed E-state index contributed by atoms with van der Waals surface area (Å²) in [5, 5.41) is 9.44. The zero-order valence-electron chi connectivity index (χ0n) is 33.1. The minimum Gasteiger partial charge on any atom is -0.496 e. The van der Waals surface area contributed by atoms with Crippen LogP contribution in [0.5, 0.6) is 11.5 Å². The van der Waals surface area contributed by atoms with Crippen molar-refractivity contribution in [2.45, 2.75) is 115 Å². The monoisotopic (exact) mass is 758 g/mol. The number of methoxy groups -OCH3 is 4. The molecule has 6 atom stereocenters. The largest absolute Gasteiger partial charge is 0.496 e. The molecule has 2 aliphatic heterocycles. The standard InChI is InChI=1S/C21H32O6.C21H30O6/c2*1-15-7-4-5-8-16-9-6-10-18(25-3)20(16)21(23)27-17(11-12-22)13-19(15)26-14-24-2/h6,9-10,15,17,19,22H,4-5,7-8,11-14H2,1-3H3;6,9-10,12,15,17,19H,4-5,7-8,11,13-14H2,1-3H3/t2*15-,17?,19+/m00/s1. The van der Waals surface area contributed by atoms with Gasteiger partial charge in [-0.15, -0.1) is 0 Å². The number of ether oxygens (including phenoxy) is 8. The van der Waals surface area contributed by atoms with Gasteiger partial charge in [-0.05, 0) is 73.6 Å². The Kier molecular flexibility index (Phi) is 20.6.